The molecule has 1 unspecified atom stereocenters. The summed E-state index contributed by atoms with van der Waals surface area (Å²) < 4.78 is 17.5. The van der Waals surface area contributed by atoms with Crippen LogP contribution in [0.4, 0.5) is 0 Å². The van der Waals surface area contributed by atoms with Crippen LogP contribution in [0.15, 0.2) is 47.4 Å². The quantitative estimate of drug-likeness (QED) is 0.320. The lowest BCUT2D eigenvalue weighted by molar-refractivity contribution is -0.131. The lowest BCUT2D eigenvalue weighted by Crippen LogP contribution is -2.13. The Balaban J connectivity index is 1.91. The van der Waals surface area contributed by atoms with Crippen LogP contribution in [-0.2, 0) is 16.0 Å². The number of carbonyl (C=O) groups excluding carboxylic acids is 2. The summed E-state index contributed by atoms with van der Waals surface area (Å²) in [4.78, 5) is 25.1. The SMILES string of the molecule is CNCCSC1Cc2ccccc2Oc2cc3c(SC)c(c21)OC(=O)/C=C\C(=O)O3. The Morgan fingerprint density at radius 2 is 1.80 bits per heavy atom. The maximum atomic E-state index is 12.4. The summed E-state index contributed by atoms with van der Waals surface area (Å²) in [7, 11) is 1.92. The number of benzene rings is 2. The molecule has 2 aromatic rings. The minimum atomic E-state index is -0.635. The monoisotopic (exact) mass is 443 g/mol. The second-order valence-corrected chi connectivity index (χ2v) is 8.83. The summed E-state index contributed by atoms with van der Waals surface area (Å²) in [5, 5.41) is 3.17. The minimum absolute atomic E-state index is 0.000171. The third kappa shape index (κ3) is 4.21. The molecule has 0 fully saturated rings. The lowest BCUT2D eigenvalue weighted by atomic mass is 10.0. The van der Waals surface area contributed by atoms with Crippen molar-refractivity contribution in [2.75, 3.05) is 25.6 Å². The normalized spacial score (nSPS) is 18.4. The van der Waals surface area contributed by atoms with Crippen LogP contribution in [0.2, 0.25) is 0 Å². The highest BCUT2D eigenvalue weighted by atomic mass is 32.2. The Morgan fingerprint density at radius 3 is 2.57 bits per heavy atom. The molecule has 0 spiro atoms. The van der Waals surface area contributed by atoms with Gasteiger partial charge >= 0.3 is 11.9 Å². The Hall–Kier alpha value is -2.42. The highest BCUT2D eigenvalue weighted by molar-refractivity contribution is 7.99. The molecule has 1 N–H and O–H groups in total. The minimum Gasteiger partial charge on any atom is -0.456 e. The van der Waals surface area contributed by atoms with Crippen molar-refractivity contribution in [1.82, 2.24) is 5.32 Å². The molecule has 6 nitrogen and oxygen atoms in total. The topological polar surface area (TPSA) is 73.9 Å². The van der Waals surface area contributed by atoms with E-state index in [1.54, 1.807) is 17.8 Å². The number of para-hydroxylation sites is 1. The summed E-state index contributed by atoms with van der Waals surface area (Å²) in [5.74, 6) is 1.62. The zero-order chi connectivity index (χ0) is 21.1. The molecule has 8 heteroatoms. The molecule has 0 saturated heterocycles. The molecule has 156 valence electrons. The molecule has 1 atom stereocenters. The maximum Gasteiger partial charge on any atom is 0.336 e. The summed E-state index contributed by atoms with van der Waals surface area (Å²) in [6.07, 6.45) is 4.75. The first-order valence-corrected chi connectivity index (χ1v) is 11.8. The largest absolute Gasteiger partial charge is 0.456 e. The van der Waals surface area contributed by atoms with Gasteiger partial charge in [0.25, 0.3) is 0 Å². The molecule has 4 rings (SSSR count). The van der Waals surface area contributed by atoms with Crippen molar-refractivity contribution in [2.45, 2.75) is 16.6 Å². The molecule has 2 bridgehead atoms. The van der Waals surface area contributed by atoms with Crippen molar-refractivity contribution in [1.29, 1.82) is 0 Å². The van der Waals surface area contributed by atoms with E-state index in [1.807, 2.05) is 37.6 Å². The Kier molecular flexibility index (Phi) is 6.36. The van der Waals surface area contributed by atoms with Crippen molar-refractivity contribution < 1.29 is 23.8 Å². The summed E-state index contributed by atoms with van der Waals surface area (Å²) in [6.45, 7) is 0.849. The van der Waals surface area contributed by atoms with Crippen LogP contribution in [0.3, 0.4) is 0 Å². The van der Waals surface area contributed by atoms with E-state index in [-0.39, 0.29) is 5.25 Å². The Labute approximate surface area is 183 Å². The molecule has 2 aliphatic rings. The fraction of sp³-hybridized carbons (Fsp3) is 0.273. The second kappa shape index (κ2) is 9.16. The van der Waals surface area contributed by atoms with Crippen LogP contribution in [0.5, 0.6) is 23.0 Å². The van der Waals surface area contributed by atoms with Gasteiger partial charge in [-0.1, -0.05) is 18.2 Å². The standard InChI is InChI=1S/C22H21NO5S2/c1-23-9-10-30-17-11-13-5-3-4-6-14(13)26-15-12-16-22(29-2)21(20(15)17)28-19(25)8-7-18(24)27-16/h3-8,12,17,23H,9-11H2,1-2H3/b8-7-. The van der Waals surface area contributed by atoms with Gasteiger partial charge in [0.15, 0.2) is 11.5 Å². The molecule has 0 saturated carbocycles. The van der Waals surface area contributed by atoms with Gasteiger partial charge in [0.2, 0.25) is 0 Å². The van der Waals surface area contributed by atoms with E-state index in [1.165, 1.54) is 11.8 Å². The highest BCUT2D eigenvalue weighted by Crippen LogP contribution is 2.54. The number of esters is 2. The molecule has 0 amide bonds. The van der Waals surface area contributed by atoms with Crippen LogP contribution in [0.1, 0.15) is 16.4 Å². The molecular formula is C22H21NO5S2. The van der Waals surface area contributed by atoms with Crippen LogP contribution in [0, 0.1) is 0 Å². The zero-order valence-electron chi connectivity index (χ0n) is 16.6. The van der Waals surface area contributed by atoms with Gasteiger partial charge in [-0.15, -0.1) is 11.8 Å². The predicted molar refractivity (Wildman–Crippen MR) is 118 cm³/mol. The third-order valence-electron chi connectivity index (χ3n) is 4.77. The number of hydrogen-bond donors (Lipinski definition) is 1. The van der Waals surface area contributed by atoms with E-state index in [2.05, 4.69) is 5.32 Å². The Bertz CT molecular complexity index is 1020. The van der Waals surface area contributed by atoms with Crippen molar-refractivity contribution in [2.24, 2.45) is 0 Å². The smallest absolute Gasteiger partial charge is 0.336 e. The van der Waals surface area contributed by atoms with Crippen LogP contribution in [-0.4, -0.2) is 37.5 Å². The Morgan fingerprint density at radius 1 is 1.03 bits per heavy atom. The van der Waals surface area contributed by atoms with E-state index in [0.717, 1.165) is 47.7 Å². The average molecular weight is 444 g/mol. The first kappa shape index (κ1) is 20.8. The summed E-state index contributed by atoms with van der Waals surface area (Å²) in [5.41, 5.74) is 1.88. The number of nitrogens with one attached hydrogen (secondary N) is 1. The maximum absolute atomic E-state index is 12.4. The van der Waals surface area contributed by atoms with E-state index in [4.69, 9.17) is 14.2 Å². The van der Waals surface area contributed by atoms with Gasteiger partial charge in [-0.25, -0.2) is 9.59 Å². The van der Waals surface area contributed by atoms with Crippen LogP contribution >= 0.6 is 23.5 Å². The molecule has 2 aromatic carbocycles. The van der Waals surface area contributed by atoms with Gasteiger partial charge in [0.05, 0.1) is 10.5 Å². The zero-order valence-corrected chi connectivity index (χ0v) is 18.2. The molecule has 0 aromatic heterocycles. The molecule has 30 heavy (non-hydrogen) atoms. The lowest BCUT2D eigenvalue weighted by Gasteiger charge is -2.22. The number of fused-ring (bicyclic) bond motifs is 5. The van der Waals surface area contributed by atoms with Crippen molar-refractivity contribution in [3.8, 4) is 23.0 Å². The van der Waals surface area contributed by atoms with Crippen LogP contribution in [0.25, 0.3) is 0 Å². The first-order chi connectivity index (χ1) is 14.6. The van der Waals surface area contributed by atoms with Crippen LogP contribution < -0.4 is 19.5 Å². The molecule has 0 radical (unpaired) electrons. The highest BCUT2D eigenvalue weighted by Gasteiger charge is 2.33. The predicted octanol–water partition coefficient (Wildman–Crippen LogP) is 4.13. The molecular weight excluding hydrogens is 422 g/mol. The van der Waals surface area contributed by atoms with Gasteiger partial charge in [0, 0.05) is 35.8 Å². The number of thioether (sulfide) groups is 2. The van der Waals surface area contributed by atoms with E-state index < -0.39 is 11.9 Å². The first-order valence-electron chi connectivity index (χ1n) is 9.49. The van der Waals surface area contributed by atoms with Crippen molar-refractivity contribution in [3.05, 3.63) is 53.6 Å². The van der Waals surface area contributed by atoms with Gasteiger partial charge in [0.1, 0.15) is 11.5 Å². The number of ether oxygens (including phenoxy) is 3. The van der Waals surface area contributed by atoms with Crippen molar-refractivity contribution in [3.63, 3.8) is 0 Å². The number of hydrogen-bond acceptors (Lipinski definition) is 8. The molecule has 2 aliphatic heterocycles. The fourth-order valence-corrected chi connectivity index (χ4v) is 5.35. The van der Waals surface area contributed by atoms with Crippen molar-refractivity contribution >= 4 is 35.5 Å². The van der Waals surface area contributed by atoms with Gasteiger partial charge in [-0.05, 0) is 31.4 Å². The summed E-state index contributed by atoms with van der Waals surface area (Å²) >= 11 is 3.14. The van der Waals surface area contributed by atoms with E-state index in [0.29, 0.717) is 22.1 Å². The van der Waals surface area contributed by atoms with E-state index in [9.17, 15) is 9.59 Å². The molecule has 0 aliphatic carbocycles. The van der Waals surface area contributed by atoms with Gasteiger partial charge in [-0.3, -0.25) is 0 Å². The number of rotatable bonds is 5. The third-order valence-corrected chi connectivity index (χ3v) is 6.81. The average Bonchev–Trinajstić information content (AvgIpc) is 2.86. The van der Waals surface area contributed by atoms with Gasteiger partial charge < -0.3 is 19.5 Å². The molecule has 2 heterocycles. The fourth-order valence-electron chi connectivity index (χ4n) is 3.42. The van der Waals surface area contributed by atoms with E-state index >= 15 is 0 Å². The summed E-state index contributed by atoms with van der Waals surface area (Å²) in [6, 6.07) is 9.59. The second-order valence-electron chi connectivity index (χ2n) is 6.70. The number of carbonyl (C=O) groups is 2. The van der Waals surface area contributed by atoms with Gasteiger partial charge in [-0.2, -0.15) is 11.8 Å².